The molecule has 1 aromatic heterocycles. The molecule has 78 valence electrons. The van der Waals surface area contributed by atoms with Crippen LogP contribution in [0.25, 0.3) is 11.3 Å². The summed E-state index contributed by atoms with van der Waals surface area (Å²) in [5, 5.41) is 0.282. The quantitative estimate of drug-likeness (QED) is 0.815. The Morgan fingerprint density at radius 3 is 2.73 bits per heavy atom. The van der Waals surface area contributed by atoms with Crippen molar-refractivity contribution in [2.75, 3.05) is 7.11 Å². The van der Waals surface area contributed by atoms with Crippen molar-refractivity contribution in [2.24, 2.45) is 0 Å². The van der Waals surface area contributed by atoms with Gasteiger partial charge in [-0.05, 0) is 18.2 Å². The molecule has 0 saturated carbocycles. The van der Waals surface area contributed by atoms with E-state index in [0.29, 0.717) is 11.3 Å². The Kier molecular flexibility index (Phi) is 2.83. The number of aromatic nitrogens is 2. The first-order valence-electron chi connectivity index (χ1n) is 4.04. The van der Waals surface area contributed by atoms with E-state index >= 15 is 0 Å². The van der Waals surface area contributed by atoms with E-state index in [-0.39, 0.29) is 10.9 Å². The maximum atomic E-state index is 13.4. The molecule has 1 aromatic carbocycles. The van der Waals surface area contributed by atoms with E-state index in [4.69, 9.17) is 16.3 Å². The van der Waals surface area contributed by atoms with Crippen LogP contribution in [-0.2, 0) is 0 Å². The SMILES string of the molecule is COc1ccc(-c2nsnc2Cl)cc1F. The van der Waals surface area contributed by atoms with E-state index < -0.39 is 5.82 Å². The monoisotopic (exact) mass is 244 g/mol. The van der Waals surface area contributed by atoms with E-state index in [0.717, 1.165) is 11.7 Å². The topological polar surface area (TPSA) is 35.0 Å². The summed E-state index contributed by atoms with van der Waals surface area (Å²) in [6.07, 6.45) is 0. The third kappa shape index (κ3) is 1.93. The van der Waals surface area contributed by atoms with Gasteiger partial charge in [-0.3, -0.25) is 0 Å². The highest BCUT2D eigenvalue weighted by molar-refractivity contribution is 6.99. The van der Waals surface area contributed by atoms with Gasteiger partial charge in [0.05, 0.1) is 18.8 Å². The Morgan fingerprint density at radius 1 is 1.40 bits per heavy atom. The smallest absolute Gasteiger partial charge is 0.170 e. The van der Waals surface area contributed by atoms with Crippen molar-refractivity contribution in [2.45, 2.75) is 0 Å². The number of halogens is 2. The van der Waals surface area contributed by atoms with E-state index in [1.54, 1.807) is 6.07 Å². The number of ether oxygens (including phenoxy) is 1. The molecule has 0 unspecified atom stereocenters. The predicted octanol–water partition coefficient (Wildman–Crippen LogP) is 3.01. The molecule has 15 heavy (non-hydrogen) atoms. The molecule has 6 heteroatoms. The van der Waals surface area contributed by atoms with Crippen LogP contribution in [0.15, 0.2) is 18.2 Å². The van der Waals surface area contributed by atoms with Gasteiger partial charge in [0.15, 0.2) is 16.7 Å². The molecule has 0 spiro atoms. The highest BCUT2D eigenvalue weighted by atomic mass is 35.5. The summed E-state index contributed by atoms with van der Waals surface area (Å²) >= 11 is 6.77. The third-order valence-electron chi connectivity index (χ3n) is 1.87. The molecule has 1 heterocycles. The Labute approximate surface area is 94.8 Å². The van der Waals surface area contributed by atoms with E-state index in [1.807, 2.05) is 0 Å². The van der Waals surface area contributed by atoms with Crippen molar-refractivity contribution >= 4 is 23.3 Å². The zero-order chi connectivity index (χ0) is 10.8. The molecule has 0 bridgehead atoms. The lowest BCUT2D eigenvalue weighted by Crippen LogP contribution is -1.88. The molecule has 0 amide bonds. The number of hydrogen-bond acceptors (Lipinski definition) is 4. The summed E-state index contributed by atoms with van der Waals surface area (Å²) in [5.74, 6) is -0.253. The molecule has 0 fully saturated rings. The highest BCUT2D eigenvalue weighted by Crippen LogP contribution is 2.28. The lowest BCUT2D eigenvalue weighted by molar-refractivity contribution is 0.386. The summed E-state index contributed by atoms with van der Waals surface area (Å²) in [7, 11) is 1.41. The van der Waals surface area contributed by atoms with Crippen LogP contribution in [0.5, 0.6) is 5.75 Å². The maximum Gasteiger partial charge on any atom is 0.170 e. The lowest BCUT2D eigenvalue weighted by atomic mass is 10.1. The fourth-order valence-corrected chi connectivity index (χ4v) is 1.93. The van der Waals surface area contributed by atoms with E-state index in [9.17, 15) is 4.39 Å². The van der Waals surface area contributed by atoms with Crippen LogP contribution < -0.4 is 4.74 Å². The second-order valence-electron chi connectivity index (χ2n) is 2.75. The fourth-order valence-electron chi connectivity index (χ4n) is 1.16. The number of rotatable bonds is 2. The molecule has 0 radical (unpaired) electrons. The van der Waals surface area contributed by atoms with Crippen LogP contribution in [0.4, 0.5) is 4.39 Å². The van der Waals surface area contributed by atoms with Gasteiger partial charge in [-0.25, -0.2) is 4.39 Å². The minimum Gasteiger partial charge on any atom is -0.494 e. The number of methoxy groups -OCH3 is 1. The van der Waals surface area contributed by atoms with Gasteiger partial charge in [0.2, 0.25) is 0 Å². The zero-order valence-corrected chi connectivity index (χ0v) is 9.27. The zero-order valence-electron chi connectivity index (χ0n) is 7.70. The van der Waals surface area contributed by atoms with Crippen LogP contribution in [0, 0.1) is 5.82 Å². The Morgan fingerprint density at radius 2 is 2.20 bits per heavy atom. The first-order valence-corrected chi connectivity index (χ1v) is 5.15. The summed E-state index contributed by atoms with van der Waals surface area (Å²) in [6, 6.07) is 4.53. The normalized spacial score (nSPS) is 10.3. The van der Waals surface area contributed by atoms with E-state index in [1.165, 1.54) is 19.2 Å². The Balaban J connectivity index is 2.47. The minimum absolute atomic E-state index is 0.193. The summed E-state index contributed by atoms with van der Waals surface area (Å²) < 4.78 is 25.9. The number of hydrogen-bond donors (Lipinski definition) is 0. The van der Waals surface area contributed by atoms with Crippen molar-refractivity contribution in [1.82, 2.24) is 8.75 Å². The van der Waals surface area contributed by atoms with Crippen LogP contribution in [-0.4, -0.2) is 15.9 Å². The fraction of sp³-hybridized carbons (Fsp3) is 0.111. The van der Waals surface area contributed by atoms with Gasteiger partial charge in [0.25, 0.3) is 0 Å². The maximum absolute atomic E-state index is 13.4. The van der Waals surface area contributed by atoms with Gasteiger partial charge in [-0.15, -0.1) is 0 Å². The van der Waals surface area contributed by atoms with Gasteiger partial charge in [0, 0.05) is 5.56 Å². The van der Waals surface area contributed by atoms with Crippen molar-refractivity contribution in [3.05, 3.63) is 29.2 Å². The second kappa shape index (κ2) is 4.12. The van der Waals surface area contributed by atoms with Crippen molar-refractivity contribution < 1.29 is 9.13 Å². The minimum atomic E-state index is -0.445. The van der Waals surface area contributed by atoms with Gasteiger partial charge >= 0.3 is 0 Å². The molecule has 0 aliphatic heterocycles. The molecule has 0 atom stereocenters. The standard InChI is InChI=1S/C9H6ClFN2OS/c1-14-7-3-2-5(4-6(7)11)8-9(10)13-15-12-8/h2-4H,1H3. The van der Waals surface area contributed by atoms with Crippen molar-refractivity contribution in [1.29, 1.82) is 0 Å². The summed E-state index contributed by atoms with van der Waals surface area (Å²) in [5.41, 5.74) is 1.08. The molecule has 3 nitrogen and oxygen atoms in total. The molecule has 2 rings (SSSR count). The van der Waals surface area contributed by atoms with Crippen LogP contribution in [0.3, 0.4) is 0 Å². The average molecular weight is 245 g/mol. The third-order valence-corrected chi connectivity index (χ3v) is 2.77. The highest BCUT2D eigenvalue weighted by Gasteiger charge is 2.11. The molecular weight excluding hydrogens is 239 g/mol. The largest absolute Gasteiger partial charge is 0.494 e. The summed E-state index contributed by atoms with van der Waals surface area (Å²) in [4.78, 5) is 0. The number of benzene rings is 1. The van der Waals surface area contributed by atoms with Gasteiger partial charge in [-0.2, -0.15) is 8.75 Å². The summed E-state index contributed by atoms with van der Waals surface area (Å²) in [6.45, 7) is 0. The first-order chi connectivity index (χ1) is 7.22. The van der Waals surface area contributed by atoms with Crippen molar-refractivity contribution in [3.8, 4) is 17.0 Å². The molecule has 2 aromatic rings. The lowest BCUT2D eigenvalue weighted by Gasteiger charge is -2.02. The van der Waals surface area contributed by atoms with E-state index in [2.05, 4.69) is 8.75 Å². The molecule has 0 saturated heterocycles. The molecule has 0 aliphatic carbocycles. The molecule has 0 aliphatic rings. The first kappa shape index (κ1) is 10.3. The van der Waals surface area contributed by atoms with Gasteiger partial charge in [0.1, 0.15) is 5.69 Å². The second-order valence-corrected chi connectivity index (χ2v) is 3.64. The Hall–Kier alpha value is -1.20. The van der Waals surface area contributed by atoms with Crippen molar-refractivity contribution in [3.63, 3.8) is 0 Å². The molecular formula is C9H6ClFN2OS. The Bertz CT molecular complexity index is 489. The number of nitrogens with zero attached hydrogens (tertiary/aromatic N) is 2. The van der Waals surface area contributed by atoms with Crippen LogP contribution in [0.1, 0.15) is 0 Å². The van der Waals surface area contributed by atoms with Gasteiger partial charge < -0.3 is 4.74 Å². The van der Waals surface area contributed by atoms with Crippen LogP contribution in [0.2, 0.25) is 5.15 Å². The predicted molar refractivity (Wildman–Crippen MR) is 56.9 cm³/mol. The average Bonchev–Trinajstić information content (AvgIpc) is 2.64. The molecule has 0 N–H and O–H groups in total. The van der Waals surface area contributed by atoms with Gasteiger partial charge in [-0.1, -0.05) is 11.6 Å². The van der Waals surface area contributed by atoms with Crippen LogP contribution >= 0.6 is 23.3 Å².